The van der Waals surface area contributed by atoms with E-state index in [9.17, 15) is 4.39 Å². The van der Waals surface area contributed by atoms with E-state index in [1.807, 2.05) is 0 Å². The van der Waals surface area contributed by atoms with E-state index in [2.05, 4.69) is 67.3 Å². The van der Waals surface area contributed by atoms with Crippen molar-refractivity contribution in [2.75, 3.05) is 57.4 Å². The minimum atomic E-state index is -0.526. The monoisotopic (exact) mass is 593 g/mol. The van der Waals surface area contributed by atoms with E-state index in [1.165, 1.54) is 30.5 Å². The Balaban J connectivity index is 1.31. The normalized spacial score (nSPS) is 26.0. The van der Waals surface area contributed by atoms with Gasteiger partial charge in [-0.3, -0.25) is 0 Å². The van der Waals surface area contributed by atoms with Crippen LogP contribution in [-0.4, -0.2) is 72.2 Å². The minimum Gasteiger partial charge on any atom is -0.397 e. The molecule has 2 aliphatic carbocycles. The Morgan fingerprint density at radius 2 is 2.06 bits per heavy atom. The molecular weight excluding hydrogens is 561 g/mol. The third-order valence-corrected chi connectivity index (χ3v) is 9.47. The predicted octanol–water partition coefficient (Wildman–Crippen LogP) is 5.58. The van der Waals surface area contributed by atoms with Crippen molar-refractivity contribution in [2.45, 2.75) is 37.1 Å². The molecule has 0 bridgehead atoms. The Labute approximate surface area is 232 Å². The molecule has 0 radical (unpaired) electrons. The zero-order valence-corrected chi connectivity index (χ0v) is 23.8. The molecule has 2 saturated carbocycles. The zero-order valence-electron chi connectivity index (χ0n) is 20.7. The number of thiocarbonyl (C=S) groups is 1. The van der Waals surface area contributed by atoms with Crippen LogP contribution in [-0.2, 0) is 5.41 Å². The van der Waals surface area contributed by atoms with Crippen molar-refractivity contribution in [3.8, 4) is 0 Å². The topological polar surface area (TPSA) is 47.8 Å². The van der Waals surface area contributed by atoms with Crippen molar-refractivity contribution in [1.82, 2.24) is 14.7 Å². The molecule has 9 heteroatoms. The maximum Gasteiger partial charge on any atom is 0.173 e. The number of piperazine rings is 1. The van der Waals surface area contributed by atoms with Crippen LogP contribution in [0.2, 0.25) is 5.02 Å². The first kappa shape index (κ1) is 26.2. The van der Waals surface area contributed by atoms with Gasteiger partial charge in [-0.2, -0.15) is 0 Å². The summed E-state index contributed by atoms with van der Waals surface area (Å²) < 4.78 is 15.0. The van der Waals surface area contributed by atoms with Gasteiger partial charge in [0.25, 0.3) is 0 Å². The molecule has 3 atom stereocenters. The second-order valence-corrected chi connectivity index (χ2v) is 12.3. The summed E-state index contributed by atoms with van der Waals surface area (Å²) in [6.07, 6.45) is 4.50. The van der Waals surface area contributed by atoms with Crippen LogP contribution >= 0.6 is 39.7 Å². The first-order valence-electron chi connectivity index (χ1n) is 12.8. The summed E-state index contributed by atoms with van der Waals surface area (Å²) in [5, 5.41) is 3.98. The van der Waals surface area contributed by atoms with E-state index in [-0.39, 0.29) is 10.4 Å². The summed E-state index contributed by atoms with van der Waals surface area (Å²) in [6, 6.07) is 11.9. The van der Waals surface area contributed by atoms with Gasteiger partial charge in [-0.25, -0.2) is 4.39 Å². The highest BCUT2D eigenvalue weighted by Crippen LogP contribution is 2.65. The number of hydrogen-bond acceptors (Lipinski definition) is 4. The standard InChI is InChI=1S/C27H34BrClFN5S/c1-33-10-12-34(13-11-33)8-3-9-35(26(36)32-24-15-21(29)22(30)16-23(24)31)25-6-7-27(17-20(25)27)18-4-2-5-19(28)14-18/h2,4-5,14-16,20,25H,3,6-13,17,31H2,1H3,(H,32,36)/t20?,25-,27-/m1/s1. The summed E-state index contributed by atoms with van der Waals surface area (Å²) in [7, 11) is 2.18. The Morgan fingerprint density at radius 1 is 1.28 bits per heavy atom. The molecule has 3 N–H and O–H groups in total. The van der Waals surface area contributed by atoms with E-state index in [4.69, 9.17) is 29.6 Å². The van der Waals surface area contributed by atoms with Crippen LogP contribution in [0.15, 0.2) is 40.9 Å². The quantitative estimate of drug-likeness (QED) is 0.322. The lowest BCUT2D eigenvalue weighted by molar-refractivity contribution is 0.147. The smallest absolute Gasteiger partial charge is 0.173 e. The van der Waals surface area contributed by atoms with E-state index >= 15 is 0 Å². The number of hydrogen-bond donors (Lipinski definition) is 2. The fourth-order valence-electron chi connectivity index (χ4n) is 6.19. The van der Waals surface area contributed by atoms with Crippen molar-refractivity contribution in [1.29, 1.82) is 0 Å². The van der Waals surface area contributed by atoms with Crippen molar-refractivity contribution >= 4 is 56.2 Å². The number of benzene rings is 2. The SMILES string of the molecule is CN1CCN(CCCN(C(=S)Nc2cc(Cl)c(F)cc2N)[C@@H]2CC[C@]3(c4cccc(Br)c4)CC23)CC1. The highest BCUT2D eigenvalue weighted by Gasteiger charge is 2.63. The Morgan fingerprint density at radius 3 is 2.78 bits per heavy atom. The number of anilines is 2. The molecular formula is C27H34BrClFN5S. The fraction of sp³-hybridized carbons (Fsp3) is 0.519. The molecule has 5 rings (SSSR count). The van der Waals surface area contributed by atoms with Crippen LogP contribution in [0.4, 0.5) is 15.8 Å². The molecule has 0 aromatic heterocycles. The number of nitrogen functional groups attached to an aromatic ring is 1. The van der Waals surface area contributed by atoms with Crippen molar-refractivity contribution in [3.05, 3.63) is 57.3 Å². The second kappa shape index (κ2) is 10.7. The zero-order chi connectivity index (χ0) is 25.4. The number of rotatable bonds is 7. The maximum absolute atomic E-state index is 13.9. The lowest BCUT2D eigenvalue weighted by atomic mass is 9.93. The first-order valence-corrected chi connectivity index (χ1v) is 14.3. The summed E-state index contributed by atoms with van der Waals surface area (Å²) in [5.41, 5.74) is 8.63. The minimum absolute atomic E-state index is 0.0350. The number of nitrogens with zero attached hydrogens (tertiary/aromatic N) is 3. The van der Waals surface area contributed by atoms with Gasteiger partial charge >= 0.3 is 0 Å². The number of likely N-dealkylation sites (N-methyl/N-ethyl adjacent to an activating group) is 1. The highest BCUT2D eigenvalue weighted by atomic mass is 79.9. The molecule has 3 fully saturated rings. The summed E-state index contributed by atoms with van der Waals surface area (Å²) in [4.78, 5) is 7.30. The van der Waals surface area contributed by atoms with Crippen molar-refractivity contribution < 1.29 is 4.39 Å². The molecule has 5 nitrogen and oxygen atoms in total. The summed E-state index contributed by atoms with van der Waals surface area (Å²) in [6.45, 7) is 6.40. The third-order valence-electron chi connectivity index (χ3n) is 8.35. The fourth-order valence-corrected chi connectivity index (χ4v) is 7.09. The molecule has 2 aromatic rings. The van der Waals surface area contributed by atoms with Crippen LogP contribution < -0.4 is 11.1 Å². The average molecular weight is 595 g/mol. The number of nitrogens with one attached hydrogen (secondary N) is 1. The van der Waals surface area contributed by atoms with E-state index in [0.29, 0.717) is 28.4 Å². The summed E-state index contributed by atoms with van der Waals surface area (Å²) >= 11 is 15.7. The molecule has 1 unspecified atom stereocenters. The second-order valence-electron chi connectivity index (χ2n) is 10.6. The third kappa shape index (κ3) is 5.39. The molecule has 2 aromatic carbocycles. The number of fused-ring (bicyclic) bond motifs is 1. The van der Waals surface area contributed by atoms with Crippen LogP contribution in [0.1, 0.15) is 31.2 Å². The van der Waals surface area contributed by atoms with Gasteiger partial charge in [-0.05, 0) is 81.2 Å². The van der Waals surface area contributed by atoms with Gasteiger partial charge in [0.2, 0.25) is 0 Å². The van der Waals surface area contributed by atoms with E-state index < -0.39 is 5.82 Å². The van der Waals surface area contributed by atoms with Gasteiger partial charge in [-0.15, -0.1) is 0 Å². The Kier molecular flexibility index (Phi) is 7.80. The van der Waals surface area contributed by atoms with Gasteiger partial charge in [0.1, 0.15) is 5.82 Å². The average Bonchev–Trinajstić information content (AvgIpc) is 3.48. The molecule has 1 saturated heterocycles. The molecule has 3 aliphatic rings. The summed E-state index contributed by atoms with van der Waals surface area (Å²) in [5.74, 6) is 0.0478. The molecule has 0 amide bonds. The van der Waals surface area contributed by atoms with Crippen molar-refractivity contribution in [2.24, 2.45) is 5.92 Å². The van der Waals surface area contributed by atoms with Crippen LogP contribution in [0.25, 0.3) is 0 Å². The van der Waals surface area contributed by atoms with Gasteiger partial charge in [-0.1, -0.05) is 39.7 Å². The number of halogens is 3. The van der Waals surface area contributed by atoms with Gasteiger partial charge in [0, 0.05) is 54.7 Å². The molecule has 0 spiro atoms. The van der Waals surface area contributed by atoms with Crippen LogP contribution in [0.3, 0.4) is 0 Å². The van der Waals surface area contributed by atoms with E-state index in [1.54, 1.807) is 0 Å². The lowest BCUT2D eigenvalue weighted by Gasteiger charge is -2.35. The molecule has 36 heavy (non-hydrogen) atoms. The Bertz CT molecular complexity index is 1130. The lowest BCUT2D eigenvalue weighted by Crippen LogP contribution is -2.47. The first-order chi connectivity index (χ1) is 17.3. The number of nitrogens with two attached hydrogens (primary N) is 1. The highest BCUT2D eigenvalue weighted by molar-refractivity contribution is 9.10. The van der Waals surface area contributed by atoms with Gasteiger partial charge in [0.15, 0.2) is 5.11 Å². The largest absolute Gasteiger partial charge is 0.397 e. The molecule has 1 heterocycles. The molecule has 194 valence electrons. The van der Waals surface area contributed by atoms with Crippen LogP contribution in [0, 0.1) is 11.7 Å². The van der Waals surface area contributed by atoms with Crippen molar-refractivity contribution in [3.63, 3.8) is 0 Å². The maximum atomic E-state index is 13.9. The van der Waals surface area contributed by atoms with Crippen LogP contribution in [0.5, 0.6) is 0 Å². The Hall–Kier alpha value is -1.45. The van der Waals surface area contributed by atoms with Gasteiger partial charge < -0.3 is 25.8 Å². The van der Waals surface area contributed by atoms with Gasteiger partial charge in [0.05, 0.1) is 16.4 Å². The molecule has 1 aliphatic heterocycles. The van der Waals surface area contributed by atoms with E-state index in [0.717, 1.165) is 56.6 Å². The predicted molar refractivity (Wildman–Crippen MR) is 154 cm³/mol.